The quantitative estimate of drug-likeness (QED) is 0.268. The zero-order valence-corrected chi connectivity index (χ0v) is 21.6. The Morgan fingerprint density at radius 3 is 2.65 bits per heavy atom. The lowest BCUT2D eigenvalue weighted by atomic mass is 9.99. The number of hydrogen-bond donors (Lipinski definition) is 4. The van der Waals surface area contributed by atoms with E-state index in [4.69, 9.17) is 16.3 Å². The Bertz CT molecular complexity index is 1220. The predicted octanol–water partition coefficient (Wildman–Crippen LogP) is 4.79. The third kappa shape index (κ3) is 9.95. The fourth-order valence-electron chi connectivity index (χ4n) is 3.70. The van der Waals surface area contributed by atoms with Crippen LogP contribution in [0.3, 0.4) is 0 Å². The second kappa shape index (κ2) is 13.3. The Balaban J connectivity index is 1.50. The first kappa shape index (κ1) is 28.3. The maximum absolute atomic E-state index is 13.2. The summed E-state index contributed by atoms with van der Waals surface area (Å²) in [6.07, 6.45) is 2.62. The minimum atomic E-state index is -0.843. The number of hydrogen-bond acceptors (Lipinski definition) is 6. The lowest BCUT2D eigenvalue weighted by molar-refractivity contribution is -0.121. The van der Waals surface area contributed by atoms with Crippen LogP contribution in [0.15, 0.2) is 54.7 Å². The topological polar surface area (TPSA) is 113 Å². The summed E-state index contributed by atoms with van der Waals surface area (Å²) in [5.74, 6) is -0.373. The van der Waals surface area contributed by atoms with Crippen LogP contribution in [0, 0.1) is 5.82 Å². The number of anilines is 1. The van der Waals surface area contributed by atoms with Crippen LogP contribution in [0.2, 0.25) is 5.02 Å². The molecule has 37 heavy (non-hydrogen) atoms. The van der Waals surface area contributed by atoms with Gasteiger partial charge in [-0.2, -0.15) is 0 Å². The van der Waals surface area contributed by atoms with Crippen molar-refractivity contribution in [3.05, 3.63) is 71.1 Å². The first-order valence-corrected chi connectivity index (χ1v) is 12.4. The van der Waals surface area contributed by atoms with Crippen molar-refractivity contribution in [3.63, 3.8) is 0 Å². The van der Waals surface area contributed by atoms with Crippen molar-refractivity contribution in [3.8, 4) is 0 Å². The lowest BCUT2D eigenvalue weighted by Gasteiger charge is -2.22. The van der Waals surface area contributed by atoms with Gasteiger partial charge < -0.3 is 20.5 Å². The fraction of sp³-hybridized carbons (Fsp3) is 0.370. The normalized spacial score (nSPS) is 12.2. The summed E-state index contributed by atoms with van der Waals surface area (Å²) in [4.78, 5) is 29.1. The highest BCUT2D eigenvalue weighted by atomic mass is 35.5. The van der Waals surface area contributed by atoms with Crippen molar-refractivity contribution in [1.82, 2.24) is 15.6 Å². The average Bonchev–Trinajstić information content (AvgIpc) is 2.83. The molecule has 0 aliphatic carbocycles. The van der Waals surface area contributed by atoms with Gasteiger partial charge in [0.05, 0.1) is 18.2 Å². The first-order valence-electron chi connectivity index (χ1n) is 12.0. The number of pyridine rings is 1. The molecule has 0 unspecified atom stereocenters. The van der Waals surface area contributed by atoms with Gasteiger partial charge in [0, 0.05) is 23.2 Å². The molecular weight excluding hydrogens is 499 g/mol. The molecule has 2 amide bonds. The van der Waals surface area contributed by atoms with Crippen LogP contribution in [-0.2, 0) is 16.1 Å². The Morgan fingerprint density at radius 1 is 1.16 bits per heavy atom. The number of benzene rings is 2. The summed E-state index contributed by atoms with van der Waals surface area (Å²) < 4.78 is 18.6. The highest BCUT2D eigenvalue weighted by molar-refractivity contribution is 6.31. The van der Waals surface area contributed by atoms with Gasteiger partial charge in [-0.25, -0.2) is 14.2 Å². The van der Waals surface area contributed by atoms with E-state index in [0.29, 0.717) is 30.6 Å². The number of aliphatic hydroxyl groups is 1. The number of carbonyl (C=O) groups excluding carboxylic acids is 2. The second-order valence-electron chi connectivity index (χ2n) is 9.45. The molecule has 0 bridgehead atoms. The number of halogens is 2. The molecule has 1 aromatic heterocycles. The number of ether oxygens (including phenoxy) is 1. The van der Waals surface area contributed by atoms with Crippen molar-refractivity contribution >= 4 is 40.2 Å². The van der Waals surface area contributed by atoms with Crippen LogP contribution in [0.5, 0.6) is 0 Å². The highest BCUT2D eigenvalue weighted by Gasteiger charge is 2.18. The largest absolute Gasteiger partial charge is 0.447 e. The Labute approximate surface area is 220 Å². The van der Waals surface area contributed by atoms with Crippen molar-refractivity contribution < 1.29 is 23.8 Å². The maximum Gasteiger partial charge on any atom is 0.412 e. The Kier molecular flexibility index (Phi) is 10.2. The monoisotopic (exact) mass is 530 g/mol. The highest BCUT2D eigenvalue weighted by Crippen LogP contribution is 2.18. The van der Waals surface area contributed by atoms with Gasteiger partial charge >= 0.3 is 6.09 Å². The molecule has 0 aliphatic rings. The number of rotatable bonds is 12. The summed E-state index contributed by atoms with van der Waals surface area (Å²) in [5, 5.41) is 20.6. The van der Waals surface area contributed by atoms with E-state index >= 15 is 0 Å². The maximum atomic E-state index is 13.2. The number of carbonyl (C=O) groups is 2. The van der Waals surface area contributed by atoms with E-state index in [1.165, 1.54) is 12.1 Å². The zero-order valence-electron chi connectivity index (χ0n) is 20.9. The van der Waals surface area contributed by atoms with E-state index in [2.05, 4.69) is 20.9 Å². The zero-order chi connectivity index (χ0) is 26.8. The van der Waals surface area contributed by atoms with E-state index < -0.39 is 23.6 Å². The predicted molar refractivity (Wildman–Crippen MR) is 142 cm³/mol. The van der Waals surface area contributed by atoms with Gasteiger partial charge in [0.15, 0.2) is 0 Å². The molecule has 2 aromatic carbocycles. The van der Waals surface area contributed by atoms with Crippen LogP contribution >= 0.6 is 11.6 Å². The molecule has 0 saturated carbocycles. The molecule has 8 nitrogen and oxygen atoms in total. The van der Waals surface area contributed by atoms with Gasteiger partial charge in [-0.05, 0) is 62.3 Å². The number of fused-ring (bicyclic) bond motifs is 1. The molecular formula is C27H32ClFN4O4. The molecule has 198 valence electrons. The van der Waals surface area contributed by atoms with Crippen LogP contribution in [0.1, 0.15) is 38.7 Å². The van der Waals surface area contributed by atoms with Crippen molar-refractivity contribution in [1.29, 1.82) is 0 Å². The van der Waals surface area contributed by atoms with Gasteiger partial charge in [-0.3, -0.25) is 10.1 Å². The van der Waals surface area contributed by atoms with E-state index in [1.807, 2.05) is 24.3 Å². The van der Waals surface area contributed by atoms with E-state index in [-0.39, 0.29) is 30.6 Å². The molecule has 3 aromatic rings. The van der Waals surface area contributed by atoms with Crippen LogP contribution in [0.25, 0.3) is 10.8 Å². The third-order valence-corrected chi connectivity index (χ3v) is 5.95. The van der Waals surface area contributed by atoms with Gasteiger partial charge in [-0.15, -0.1) is 0 Å². The summed E-state index contributed by atoms with van der Waals surface area (Å²) in [6.45, 7) is 3.65. The van der Waals surface area contributed by atoms with E-state index in [9.17, 15) is 19.1 Å². The molecule has 0 saturated heterocycles. The molecule has 3 rings (SSSR count). The molecule has 1 heterocycles. The third-order valence-electron chi connectivity index (χ3n) is 5.60. The van der Waals surface area contributed by atoms with E-state index in [0.717, 1.165) is 10.8 Å². The van der Waals surface area contributed by atoms with E-state index in [1.54, 1.807) is 32.2 Å². The first-order chi connectivity index (χ1) is 17.6. The van der Waals surface area contributed by atoms with Crippen LogP contribution in [-0.4, -0.2) is 46.9 Å². The summed E-state index contributed by atoms with van der Waals surface area (Å²) in [5.41, 5.74) is -0.176. The summed E-state index contributed by atoms with van der Waals surface area (Å²) >= 11 is 6.02. The lowest BCUT2D eigenvalue weighted by Crippen LogP contribution is -2.43. The Hall–Kier alpha value is -3.27. The number of amides is 2. The second-order valence-corrected chi connectivity index (χ2v) is 9.86. The molecule has 4 N–H and O–H groups in total. The smallest absolute Gasteiger partial charge is 0.412 e. The van der Waals surface area contributed by atoms with Crippen LogP contribution in [0.4, 0.5) is 15.0 Å². The van der Waals surface area contributed by atoms with Gasteiger partial charge in [0.1, 0.15) is 18.2 Å². The number of nitrogens with zero attached hydrogens (tertiary/aromatic N) is 1. The van der Waals surface area contributed by atoms with Crippen molar-refractivity contribution in [2.45, 2.75) is 51.3 Å². The van der Waals surface area contributed by atoms with Gasteiger partial charge in [0.25, 0.3) is 0 Å². The Morgan fingerprint density at radius 2 is 1.92 bits per heavy atom. The van der Waals surface area contributed by atoms with Crippen molar-refractivity contribution in [2.75, 3.05) is 18.5 Å². The number of aromatic nitrogens is 1. The molecule has 0 aliphatic heterocycles. The summed E-state index contributed by atoms with van der Waals surface area (Å²) in [6, 6.07) is 13.0. The molecule has 0 radical (unpaired) electrons. The minimum Gasteiger partial charge on any atom is -0.447 e. The number of nitrogens with one attached hydrogen (secondary N) is 3. The molecule has 1 atom stereocenters. The summed E-state index contributed by atoms with van der Waals surface area (Å²) in [7, 11) is 0. The SMILES string of the molecule is CC(C)(O)CCC[C@@H](COC(=O)Nc1cc2ccccc2cn1)NC(=O)CNCc1ccc(F)cc1Cl. The molecule has 0 spiro atoms. The van der Waals surface area contributed by atoms with Crippen molar-refractivity contribution in [2.24, 2.45) is 0 Å². The fourth-order valence-corrected chi connectivity index (χ4v) is 3.94. The minimum absolute atomic E-state index is 0.0110. The van der Waals surface area contributed by atoms with Gasteiger partial charge in [-0.1, -0.05) is 41.9 Å². The molecule has 0 fully saturated rings. The molecule has 10 heteroatoms. The van der Waals surface area contributed by atoms with Gasteiger partial charge in [0.2, 0.25) is 5.91 Å². The van der Waals surface area contributed by atoms with Crippen LogP contribution < -0.4 is 16.0 Å². The average molecular weight is 531 g/mol. The standard InChI is InChI=1S/C27H32ClFN4O4/c1-27(2,36)11-5-8-22(32-25(34)16-30-14-20-9-10-21(29)13-23(20)28)17-37-26(35)33-24-12-18-6-3-4-7-19(18)15-31-24/h3-4,6-7,9-10,12-13,15,22,30,36H,5,8,11,14,16-17H2,1-2H3,(H,32,34)(H,31,33,35)/t22-/m0/s1.